The van der Waals surface area contributed by atoms with Crippen LogP contribution in [0.15, 0.2) is 48.5 Å². The molecule has 0 radical (unpaired) electrons. The molecule has 120 valence electrons. The summed E-state index contributed by atoms with van der Waals surface area (Å²) in [5.74, 6) is 0. The number of halogens is 2. The van der Waals surface area contributed by atoms with Gasteiger partial charge >= 0.3 is 0 Å². The second-order valence-corrected chi connectivity index (χ2v) is 5.39. The van der Waals surface area contributed by atoms with Crippen LogP contribution in [0.5, 0.6) is 0 Å². The molecule has 4 heteroatoms. The smallest absolute Gasteiger partial charge is 0.0208 e. The van der Waals surface area contributed by atoms with Gasteiger partial charge in [-0.05, 0) is 48.2 Å². The molecule has 22 heavy (non-hydrogen) atoms. The van der Waals surface area contributed by atoms with Gasteiger partial charge in [0.2, 0.25) is 0 Å². The minimum absolute atomic E-state index is 0. The molecule has 0 bridgehead atoms. The molecule has 4 rings (SSSR count). The summed E-state index contributed by atoms with van der Waals surface area (Å²) in [5.41, 5.74) is 5.96. The summed E-state index contributed by atoms with van der Waals surface area (Å²) in [5, 5.41) is 6.68. The summed E-state index contributed by atoms with van der Waals surface area (Å²) in [6.45, 7) is 4.38. The molecule has 2 aliphatic rings. The standard InChI is InChI=1S/2C9H11N.2HI/c2*1-2-4-9-7-10-6-5-8(9)3-1;;/h2*1-4,10H,5-7H2;2*1H. The van der Waals surface area contributed by atoms with Crippen molar-refractivity contribution in [1.29, 1.82) is 0 Å². The lowest BCUT2D eigenvalue weighted by molar-refractivity contribution is 0.644. The number of nitrogens with one attached hydrogen (secondary N) is 2. The normalized spacial score (nSPS) is 14.9. The molecular weight excluding hydrogens is 498 g/mol. The molecule has 0 saturated carbocycles. The van der Waals surface area contributed by atoms with E-state index in [9.17, 15) is 0 Å². The summed E-state index contributed by atoms with van der Waals surface area (Å²) in [6.07, 6.45) is 2.38. The van der Waals surface area contributed by atoms with Gasteiger partial charge in [0.1, 0.15) is 0 Å². The van der Waals surface area contributed by atoms with Gasteiger partial charge in [0.25, 0.3) is 0 Å². The third-order valence-corrected chi connectivity index (χ3v) is 4.01. The number of hydrogen-bond acceptors (Lipinski definition) is 2. The van der Waals surface area contributed by atoms with Gasteiger partial charge in [0.15, 0.2) is 0 Å². The molecule has 0 saturated heterocycles. The molecule has 0 atom stereocenters. The van der Waals surface area contributed by atoms with Crippen LogP contribution in [0.25, 0.3) is 0 Å². The third kappa shape index (κ3) is 5.47. The largest absolute Gasteiger partial charge is 0.312 e. The third-order valence-electron chi connectivity index (χ3n) is 4.01. The molecule has 2 nitrogen and oxygen atoms in total. The second kappa shape index (κ2) is 10.6. The molecule has 0 aliphatic carbocycles. The van der Waals surface area contributed by atoms with E-state index in [1.807, 2.05) is 0 Å². The zero-order valence-corrected chi connectivity index (χ0v) is 17.3. The Balaban J connectivity index is 0.000000202. The summed E-state index contributed by atoms with van der Waals surface area (Å²) in [7, 11) is 0. The van der Waals surface area contributed by atoms with Gasteiger partial charge in [-0.15, -0.1) is 48.0 Å². The van der Waals surface area contributed by atoms with E-state index < -0.39 is 0 Å². The Hall–Kier alpha value is -0.180. The minimum atomic E-state index is 0. The van der Waals surface area contributed by atoms with Crippen molar-refractivity contribution in [1.82, 2.24) is 10.6 Å². The van der Waals surface area contributed by atoms with Crippen LogP contribution in [0.4, 0.5) is 0 Å². The van der Waals surface area contributed by atoms with Gasteiger partial charge in [0.05, 0.1) is 0 Å². The molecule has 2 aliphatic heterocycles. The van der Waals surface area contributed by atoms with Crippen LogP contribution in [-0.4, -0.2) is 13.1 Å². The fourth-order valence-electron chi connectivity index (χ4n) is 2.84. The predicted molar refractivity (Wildman–Crippen MR) is 115 cm³/mol. The number of hydrogen-bond donors (Lipinski definition) is 2. The lowest BCUT2D eigenvalue weighted by Gasteiger charge is -2.15. The molecule has 2 heterocycles. The van der Waals surface area contributed by atoms with E-state index in [0.717, 1.165) is 26.2 Å². The van der Waals surface area contributed by atoms with E-state index in [4.69, 9.17) is 0 Å². The van der Waals surface area contributed by atoms with Gasteiger partial charge in [0, 0.05) is 13.1 Å². The number of fused-ring (bicyclic) bond motifs is 2. The van der Waals surface area contributed by atoms with Gasteiger partial charge in [-0.3, -0.25) is 0 Å². The zero-order chi connectivity index (χ0) is 13.6. The van der Waals surface area contributed by atoms with Crippen LogP contribution in [-0.2, 0) is 25.9 Å². The van der Waals surface area contributed by atoms with Crippen LogP contribution in [0.2, 0.25) is 0 Å². The Kier molecular flexibility index (Phi) is 9.54. The van der Waals surface area contributed by atoms with Crippen molar-refractivity contribution in [3.63, 3.8) is 0 Å². The Bertz CT molecular complexity index is 471. The van der Waals surface area contributed by atoms with Crippen molar-refractivity contribution in [2.24, 2.45) is 0 Å². The van der Waals surface area contributed by atoms with Crippen molar-refractivity contribution < 1.29 is 0 Å². The average molecular weight is 522 g/mol. The SMILES string of the molecule is I.I.c1ccc2c(c1)CCNC2.c1ccc2c(c1)CCNC2. The summed E-state index contributed by atoms with van der Waals surface area (Å²) in [4.78, 5) is 0. The fourth-order valence-corrected chi connectivity index (χ4v) is 2.84. The maximum absolute atomic E-state index is 3.34. The highest BCUT2D eigenvalue weighted by Gasteiger charge is 2.05. The Labute approximate surface area is 167 Å². The van der Waals surface area contributed by atoms with Crippen LogP contribution in [0, 0.1) is 0 Å². The van der Waals surface area contributed by atoms with E-state index in [2.05, 4.69) is 59.2 Å². The zero-order valence-electron chi connectivity index (χ0n) is 12.7. The fraction of sp³-hybridized carbons (Fsp3) is 0.333. The van der Waals surface area contributed by atoms with E-state index in [1.165, 1.54) is 35.1 Å². The Morgan fingerprint density at radius 3 is 1.27 bits per heavy atom. The lowest BCUT2D eigenvalue weighted by Crippen LogP contribution is -2.23. The Morgan fingerprint density at radius 1 is 0.545 bits per heavy atom. The van der Waals surface area contributed by atoms with E-state index in [0.29, 0.717) is 0 Å². The second-order valence-electron chi connectivity index (χ2n) is 5.39. The van der Waals surface area contributed by atoms with Crippen molar-refractivity contribution in [2.75, 3.05) is 13.1 Å². The van der Waals surface area contributed by atoms with Crippen molar-refractivity contribution in [3.05, 3.63) is 70.8 Å². The van der Waals surface area contributed by atoms with Crippen molar-refractivity contribution >= 4 is 48.0 Å². The first-order valence-corrected chi connectivity index (χ1v) is 7.48. The van der Waals surface area contributed by atoms with Crippen LogP contribution in [0.1, 0.15) is 22.3 Å². The summed E-state index contributed by atoms with van der Waals surface area (Å²) in [6, 6.07) is 17.3. The van der Waals surface area contributed by atoms with E-state index in [-0.39, 0.29) is 48.0 Å². The van der Waals surface area contributed by atoms with E-state index >= 15 is 0 Å². The van der Waals surface area contributed by atoms with Crippen LogP contribution < -0.4 is 10.6 Å². The highest BCUT2D eigenvalue weighted by molar-refractivity contribution is 14.0. The molecule has 2 aromatic rings. The summed E-state index contributed by atoms with van der Waals surface area (Å²) < 4.78 is 0. The van der Waals surface area contributed by atoms with Crippen LogP contribution in [0.3, 0.4) is 0 Å². The first-order valence-electron chi connectivity index (χ1n) is 7.48. The van der Waals surface area contributed by atoms with Gasteiger partial charge < -0.3 is 10.6 Å². The number of rotatable bonds is 0. The first kappa shape index (κ1) is 19.9. The van der Waals surface area contributed by atoms with Gasteiger partial charge in [-0.25, -0.2) is 0 Å². The highest BCUT2D eigenvalue weighted by Crippen LogP contribution is 2.12. The topological polar surface area (TPSA) is 24.1 Å². The van der Waals surface area contributed by atoms with Crippen LogP contribution >= 0.6 is 48.0 Å². The average Bonchev–Trinajstić information content (AvgIpc) is 2.56. The first-order chi connectivity index (χ1) is 9.93. The molecule has 0 fully saturated rings. The lowest BCUT2D eigenvalue weighted by atomic mass is 10.0. The molecular formula is C18H24I2N2. The van der Waals surface area contributed by atoms with Gasteiger partial charge in [-0.2, -0.15) is 0 Å². The van der Waals surface area contributed by atoms with Gasteiger partial charge in [-0.1, -0.05) is 48.5 Å². The predicted octanol–water partition coefficient (Wildman–Crippen LogP) is 3.90. The quantitative estimate of drug-likeness (QED) is 0.514. The Morgan fingerprint density at radius 2 is 0.909 bits per heavy atom. The maximum Gasteiger partial charge on any atom is 0.0208 e. The molecule has 0 amide bonds. The minimum Gasteiger partial charge on any atom is -0.312 e. The molecule has 2 aromatic carbocycles. The van der Waals surface area contributed by atoms with Crippen molar-refractivity contribution in [3.8, 4) is 0 Å². The summed E-state index contributed by atoms with van der Waals surface area (Å²) >= 11 is 0. The number of benzene rings is 2. The van der Waals surface area contributed by atoms with E-state index in [1.54, 1.807) is 0 Å². The van der Waals surface area contributed by atoms with Crippen molar-refractivity contribution in [2.45, 2.75) is 25.9 Å². The molecule has 0 spiro atoms. The molecule has 2 N–H and O–H groups in total. The monoisotopic (exact) mass is 522 g/mol. The highest BCUT2D eigenvalue weighted by atomic mass is 127. The maximum atomic E-state index is 3.34. The molecule has 0 unspecified atom stereocenters. The molecule has 0 aromatic heterocycles.